The molecule has 1 atom stereocenters. The maximum atomic E-state index is 13.7. The molecule has 39 heavy (non-hydrogen) atoms. The van der Waals surface area contributed by atoms with Crippen LogP contribution in [0.4, 0.5) is 5.69 Å². The van der Waals surface area contributed by atoms with Crippen molar-refractivity contribution < 1.29 is 19.1 Å². The third-order valence-electron chi connectivity index (χ3n) is 7.56. The summed E-state index contributed by atoms with van der Waals surface area (Å²) < 4.78 is 11.3. The summed E-state index contributed by atoms with van der Waals surface area (Å²) >= 11 is 6.18. The summed E-state index contributed by atoms with van der Waals surface area (Å²) in [5.41, 5.74) is 4.98. The zero-order valence-corrected chi connectivity index (χ0v) is 22.8. The highest BCUT2D eigenvalue weighted by atomic mass is 35.5. The summed E-state index contributed by atoms with van der Waals surface area (Å²) in [4.78, 5) is 26.5. The van der Waals surface area contributed by atoms with E-state index in [9.17, 15) is 9.59 Å². The summed E-state index contributed by atoms with van der Waals surface area (Å²) in [6.45, 7) is 4.31. The van der Waals surface area contributed by atoms with Gasteiger partial charge in [-0.3, -0.25) is 4.79 Å². The Morgan fingerprint density at radius 1 is 0.949 bits per heavy atom. The van der Waals surface area contributed by atoms with Gasteiger partial charge < -0.3 is 14.8 Å². The van der Waals surface area contributed by atoms with Crippen molar-refractivity contribution in [2.24, 2.45) is 5.41 Å². The minimum Gasteiger partial charge on any atom is -0.493 e. The molecule has 0 radical (unpaired) electrons. The molecule has 0 fully saturated rings. The van der Waals surface area contributed by atoms with Crippen LogP contribution in [0, 0.1) is 5.41 Å². The molecule has 4 aromatic rings. The number of anilines is 1. The predicted octanol–water partition coefficient (Wildman–Crippen LogP) is 8.03. The van der Waals surface area contributed by atoms with Crippen LogP contribution in [0.15, 0.2) is 84.4 Å². The first-order chi connectivity index (χ1) is 18.8. The number of allylic oxidation sites excluding steroid dienone is 1. The smallest absolute Gasteiger partial charge is 0.345 e. The largest absolute Gasteiger partial charge is 0.493 e. The van der Waals surface area contributed by atoms with Crippen LogP contribution in [0.3, 0.4) is 0 Å². The Kier molecular flexibility index (Phi) is 6.19. The summed E-state index contributed by atoms with van der Waals surface area (Å²) in [6, 6.07) is 24.3. The summed E-state index contributed by atoms with van der Waals surface area (Å²) in [7, 11) is 1.53. The minimum absolute atomic E-state index is 0.138. The van der Waals surface area contributed by atoms with Crippen molar-refractivity contribution in [3.63, 3.8) is 0 Å². The molecule has 0 spiro atoms. The molecule has 1 N–H and O–H groups in total. The van der Waals surface area contributed by atoms with Gasteiger partial charge in [-0.15, -0.1) is 0 Å². The monoisotopic (exact) mass is 537 g/mol. The highest BCUT2D eigenvalue weighted by molar-refractivity contribution is 6.33. The van der Waals surface area contributed by atoms with Gasteiger partial charge in [-0.25, -0.2) is 4.79 Å². The van der Waals surface area contributed by atoms with Crippen LogP contribution in [0.1, 0.15) is 54.2 Å². The van der Waals surface area contributed by atoms with Crippen molar-refractivity contribution in [3.05, 3.63) is 106 Å². The van der Waals surface area contributed by atoms with Gasteiger partial charge in [0.2, 0.25) is 0 Å². The van der Waals surface area contributed by atoms with Gasteiger partial charge in [0, 0.05) is 23.2 Å². The van der Waals surface area contributed by atoms with E-state index >= 15 is 0 Å². The Bertz CT molecular complexity index is 1690. The fraction of sp³-hybridized carbons (Fsp3) is 0.212. The lowest BCUT2D eigenvalue weighted by molar-refractivity contribution is -0.118. The van der Waals surface area contributed by atoms with Gasteiger partial charge in [0.25, 0.3) is 0 Å². The Morgan fingerprint density at radius 2 is 1.72 bits per heavy atom. The number of hydrogen-bond donors (Lipinski definition) is 1. The fourth-order valence-electron chi connectivity index (χ4n) is 5.82. The summed E-state index contributed by atoms with van der Waals surface area (Å²) in [5.74, 6) is 0.242. The molecular weight excluding hydrogens is 510 g/mol. The zero-order chi connectivity index (χ0) is 27.3. The Balaban J connectivity index is 1.44. The molecule has 1 aliphatic heterocycles. The molecular formula is C33H28ClNO4. The first kappa shape index (κ1) is 25.2. The maximum absolute atomic E-state index is 13.7. The number of benzene rings is 4. The zero-order valence-electron chi connectivity index (χ0n) is 22.0. The Hall–Kier alpha value is -4.09. The normalized spacial score (nSPS) is 17.7. The van der Waals surface area contributed by atoms with Crippen LogP contribution in [0.25, 0.3) is 16.3 Å². The fourth-order valence-corrected chi connectivity index (χ4v) is 6.03. The van der Waals surface area contributed by atoms with E-state index in [0.717, 1.165) is 45.2 Å². The molecule has 5 nitrogen and oxygen atoms in total. The molecule has 0 saturated heterocycles. The minimum atomic E-state index is -0.571. The summed E-state index contributed by atoms with van der Waals surface area (Å²) in [5, 5.41) is 6.24. The van der Waals surface area contributed by atoms with Crippen molar-refractivity contribution in [2.75, 3.05) is 12.4 Å². The Labute approximate surface area is 232 Å². The summed E-state index contributed by atoms with van der Waals surface area (Å²) in [6.07, 6.45) is 1.28. The number of ether oxygens (including phenoxy) is 2. The quantitative estimate of drug-likeness (QED) is 0.211. The lowest BCUT2D eigenvalue weighted by Crippen LogP contribution is -2.33. The van der Waals surface area contributed by atoms with Crippen LogP contribution in [0.2, 0.25) is 5.02 Å². The number of esters is 1. The maximum Gasteiger partial charge on any atom is 0.345 e. The number of methoxy groups -OCH3 is 1. The highest BCUT2D eigenvalue weighted by Crippen LogP contribution is 2.52. The van der Waals surface area contributed by atoms with E-state index in [1.807, 2.05) is 24.3 Å². The standard InChI is InChI=1S/C33H28ClNO4/c1-33(2)17-23-29-21-9-5-4-8-19(21)12-14-25(29)35-31(30(23)26(36)18-33)20-13-15-27(28(16-20)38-3)39-32(37)22-10-6-7-11-24(22)34/h4-16,31,35H,17-18H2,1-3H3/t31-/m1/s1. The molecule has 1 heterocycles. The number of carbonyl (C=O) groups excluding carboxylic acids is 2. The number of halogens is 1. The number of fused-ring (bicyclic) bond motifs is 4. The lowest BCUT2D eigenvalue weighted by Gasteiger charge is -2.40. The van der Waals surface area contributed by atoms with Gasteiger partial charge >= 0.3 is 5.97 Å². The molecule has 6 rings (SSSR count). The average Bonchev–Trinajstić information content (AvgIpc) is 2.92. The molecule has 6 heteroatoms. The third kappa shape index (κ3) is 4.47. The molecule has 0 unspecified atom stereocenters. The van der Waals surface area contributed by atoms with Crippen molar-refractivity contribution in [2.45, 2.75) is 32.7 Å². The molecule has 2 aliphatic rings. The first-order valence-corrected chi connectivity index (χ1v) is 13.3. The van der Waals surface area contributed by atoms with E-state index in [0.29, 0.717) is 17.2 Å². The molecule has 0 saturated carbocycles. The van der Waals surface area contributed by atoms with Gasteiger partial charge in [0.15, 0.2) is 17.3 Å². The second kappa shape index (κ2) is 9.58. The topological polar surface area (TPSA) is 64.6 Å². The van der Waals surface area contributed by atoms with Gasteiger partial charge in [0.1, 0.15) is 0 Å². The van der Waals surface area contributed by atoms with Crippen molar-refractivity contribution >= 4 is 45.4 Å². The van der Waals surface area contributed by atoms with E-state index in [-0.39, 0.29) is 28.6 Å². The second-order valence-corrected chi connectivity index (χ2v) is 11.3. The van der Waals surface area contributed by atoms with E-state index in [4.69, 9.17) is 21.1 Å². The van der Waals surface area contributed by atoms with Crippen LogP contribution in [-0.2, 0) is 4.79 Å². The van der Waals surface area contributed by atoms with Crippen LogP contribution >= 0.6 is 11.6 Å². The molecule has 1 aliphatic carbocycles. The van der Waals surface area contributed by atoms with Gasteiger partial charge in [0.05, 0.1) is 23.7 Å². The number of Topliss-reactive ketones (excluding diaryl/α,β-unsaturated/α-hetero) is 1. The van der Waals surface area contributed by atoms with Crippen molar-refractivity contribution in [1.82, 2.24) is 0 Å². The van der Waals surface area contributed by atoms with Crippen molar-refractivity contribution in [1.29, 1.82) is 0 Å². The van der Waals surface area contributed by atoms with E-state index in [2.05, 4.69) is 43.4 Å². The molecule has 0 amide bonds. The average molecular weight is 538 g/mol. The molecule has 4 aromatic carbocycles. The third-order valence-corrected chi connectivity index (χ3v) is 7.89. The predicted molar refractivity (Wildman–Crippen MR) is 155 cm³/mol. The van der Waals surface area contributed by atoms with E-state index < -0.39 is 5.97 Å². The van der Waals surface area contributed by atoms with E-state index in [1.165, 1.54) is 7.11 Å². The molecule has 0 aromatic heterocycles. The number of carbonyl (C=O) groups is 2. The molecule has 196 valence electrons. The van der Waals surface area contributed by atoms with Gasteiger partial charge in [-0.05, 0) is 64.1 Å². The highest BCUT2D eigenvalue weighted by Gasteiger charge is 2.41. The number of ketones is 1. The second-order valence-electron chi connectivity index (χ2n) is 10.9. The van der Waals surface area contributed by atoms with E-state index in [1.54, 1.807) is 30.3 Å². The lowest BCUT2D eigenvalue weighted by atomic mass is 9.68. The van der Waals surface area contributed by atoms with Crippen LogP contribution in [0.5, 0.6) is 11.5 Å². The number of nitrogens with one attached hydrogen (secondary N) is 1. The van der Waals surface area contributed by atoms with Crippen molar-refractivity contribution in [3.8, 4) is 11.5 Å². The Morgan fingerprint density at radius 3 is 2.51 bits per heavy atom. The number of rotatable bonds is 4. The van der Waals surface area contributed by atoms with Gasteiger partial charge in [-0.1, -0.05) is 74.0 Å². The SMILES string of the molecule is COc1cc([C@H]2Nc3ccc4ccccc4c3C3=C2C(=O)CC(C)(C)C3)ccc1OC(=O)c1ccccc1Cl. The first-order valence-electron chi connectivity index (χ1n) is 13.0. The molecule has 0 bridgehead atoms. The van der Waals surface area contributed by atoms with Crippen LogP contribution in [-0.4, -0.2) is 18.9 Å². The number of hydrogen-bond acceptors (Lipinski definition) is 5. The van der Waals surface area contributed by atoms with Gasteiger partial charge in [-0.2, -0.15) is 0 Å². The van der Waals surface area contributed by atoms with Crippen LogP contribution < -0.4 is 14.8 Å².